The van der Waals surface area contributed by atoms with Gasteiger partial charge < -0.3 is 15.3 Å². The Bertz CT molecular complexity index is 676. The van der Waals surface area contributed by atoms with Crippen molar-refractivity contribution in [3.05, 3.63) is 0 Å². The maximum absolute atomic E-state index is 12.1. The van der Waals surface area contributed by atoms with Crippen molar-refractivity contribution >= 4 is 11.8 Å². The molecule has 3 N–H and O–H groups in total. The minimum absolute atomic E-state index is 0.0348. The number of fused-ring (bicyclic) bond motifs is 5. The van der Waals surface area contributed by atoms with Crippen LogP contribution in [0.15, 0.2) is 0 Å². The molecule has 0 aromatic carbocycles. The Balaban J connectivity index is 1.61. The Kier molecular flexibility index (Phi) is 5.39. The lowest BCUT2D eigenvalue weighted by Gasteiger charge is -2.63. The van der Waals surface area contributed by atoms with Crippen LogP contribution in [0.1, 0.15) is 78.6 Å². The number of carboxylic acids is 1. The minimum Gasteiger partial charge on any atom is -0.481 e. The summed E-state index contributed by atoms with van der Waals surface area (Å²) in [6, 6.07) is 0. The van der Waals surface area contributed by atoms with E-state index in [1.807, 2.05) is 0 Å². The van der Waals surface area contributed by atoms with Gasteiger partial charge in [0.05, 0.1) is 12.2 Å². The zero-order valence-corrected chi connectivity index (χ0v) is 18.1. The molecule has 4 saturated carbocycles. The maximum Gasteiger partial charge on any atom is 0.303 e. The first kappa shape index (κ1) is 21.3. The molecule has 0 heterocycles. The first-order valence-electron chi connectivity index (χ1n) is 11.7. The van der Waals surface area contributed by atoms with Crippen LogP contribution >= 0.6 is 0 Å². The van der Waals surface area contributed by atoms with Crippen LogP contribution in [0.5, 0.6) is 0 Å². The van der Waals surface area contributed by atoms with Gasteiger partial charge in [0.15, 0.2) is 0 Å². The lowest BCUT2D eigenvalue weighted by molar-refractivity contribution is -0.201. The highest BCUT2D eigenvalue weighted by Gasteiger charge is 2.65. The number of aliphatic hydroxyl groups is 2. The van der Waals surface area contributed by atoms with Crippen molar-refractivity contribution in [2.45, 2.75) is 90.8 Å². The predicted molar refractivity (Wildman–Crippen MR) is 109 cm³/mol. The topological polar surface area (TPSA) is 94.8 Å². The SMILES string of the molecule is C[C@H](CCC(=O)O)[C@H]1CC[C@H]2[C@@H]3[C@@H](O)C[C@@H]4CC(=O)CC[C@]4(C)[C@H]3C[C@H](O)[C@]12C. The number of carbonyl (C=O) groups excluding carboxylic acids is 1. The lowest BCUT2D eigenvalue weighted by Crippen LogP contribution is -2.62. The van der Waals surface area contributed by atoms with Gasteiger partial charge in [-0.1, -0.05) is 20.8 Å². The van der Waals surface area contributed by atoms with Gasteiger partial charge in [-0.15, -0.1) is 0 Å². The molecule has 0 saturated heterocycles. The second-order valence-corrected chi connectivity index (χ2v) is 11.2. The largest absolute Gasteiger partial charge is 0.481 e. The van der Waals surface area contributed by atoms with Crippen LogP contribution in [0.2, 0.25) is 0 Å². The van der Waals surface area contributed by atoms with Crippen LogP contribution in [0.3, 0.4) is 0 Å². The van der Waals surface area contributed by atoms with E-state index in [2.05, 4.69) is 20.8 Å². The number of aliphatic hydroxyl groups excluding tert-OH is 2. The van der Waals surface area contributed by atoms with Gasteiger partial charge in [-0.3, -0.25) is 9.59 Å². The lowest BCUT2D eigenvalue weighted by atomic mass is 9.43. The molecule has 5 nitrogen and oxygen atoms in total. The zero-order valence-electron chi connectivity index (χ0n) is 18.1. The number of aliphatic carboxylic acids is 1. The summed E-state index contributed by atoms with van der Waals surface area (Å²) in [5.74, 6) is 1.10. The fourth-order valence-electron chi connectivity index (χ4n) is 8.50. The van der Waals surface area contributed by atoms with E-state index in [0.717, 1.165) is 19.3 Å². The molecular weight excluding hydrogens is 368 g/mol. The van der Waals surface area contributed by atoms with Crippen LogP contribution in [-0.4, -0.2) is 39.3 Å². The van der Waals surface area contributed by atoms with Crippen molar-refractivity contribution in [2.24, 2.45) is 46.3 Å². The van der Waals surface area contributed by atoms with Gasteiger partial charge in [-0.25, -0.2) is 0 Å². The molecule has 4 aliphatic rings. The van der Waals surface area contributed by atoms with Crippen LogP contribution in [-0.2, 0) is 9.59 Å². The molecule has 0 amide bonds. The standard InChI is InChI=1S/C24H38O5/c1-13(4-7-21(28)29)16-5-6-17-22-18(12-20(27)24(16,17)3)23(2)9-8-15(25)10-14(23)11-19(22)26/h13-14,16-20,22,26-27H,4-12H2,1-3H3,(H,28,29)/t13-,14+,16-,17+,18+,19+,20+,22+,23+,24-/m1/s1. The normalized spacial score (nSPS) is 50.4. The third-order valence-electron chi connectivity index (χ3n) is 10.2. The van der Waals surface area contributed by atoms with Crippen molar-refractivity contribution in [3.63, 3.8) is 0 Å². The van der Waals surface area contributed by atoms with E-state index >= 15 is 0 Å². The summed E-state index contributed by atoms with van der Waals surface area (Å²) in [5.41, 5.74) is -0.221. The van der Waals surface area contributed by atoms with Crippen molar-refractivity contribution in [1.82, 2.24) is 0 Å². The fraction of sp³-hybridized carbons (Fsp3) is 0.917. The van der Waals surface area contributed by atoms with E-state index in [1.165, 1.54) is 0 Å². The molecule has 4 fully saturated rings. The Morgan fingerprint density at radius 1 is 1.17 bits per heavy atom. The van der Waals surface area contributed by atoms with E-state index in [4.69, 9.17) is 5.11 Å². The van der Waals surface area contributed by atoms with Gasteiger partial charge in [-0.05, 0) is 84.9 Å². The van der Waals surface area contributed by atoms with E-state index < -0.39 is 18.2 Å². The van der Waals surface area contributed by atoms with Gasteiger partial charge in [0, 0.05) is 19.3 Å². The molecule has 0 unspecified atom stereocenters. The van der Waals surface area contributed by atoms with Crippen molar-refractivity contribution in [2.75, 3.05) is 0 Å². The molecule has 5 heteroatoms. The minimum atomic E-state index is -0.755. The Morgan fingerprint density at radius 3 is 2.59 bits per heavy atom. The van der Waals surface area contributed by atoms with E-state index in [9.17, 15) is 19.8 Å². The molecule has 164 valence electrons. The highest BCUT2D eigenvalue weighted by atomic mass is 16.4. The van der Waals surface area contributed by atoms with E-state index in [0.29, 0.717) is 43.8 Å². The molecule has 0 spiro atoms. The van der Waals surface area contributed by atoms with Crippen LogP contribution in [0.4, 0.5) is 0 Å². The molecule has 29 heavy (non-hydrogen) atoms. The molecule has 4 rings (SSSR count). The molecule has 0 aliphatic heterocycles. The van der Waals surface area contributed by atoms with Crippen molar-refractivity contribution in [3.8, 4) is 0 Å². The third kappa shape index (κ3) is 3.18. The van der Waals surface area contributed by atoms with E-state index in [1.54, 1.807) is 0 Å². The molecule has 0 aromatic rings. The van der Waals surface area contributed by atoms with Gasteiger partial charge in [0.25, 0.3) is 0 Å². The average Bonchev–Trinajstić information content (AvgIpc) is 3.01. The number of hydrogen-bond donors (Lipinski definition) is 3. The summed E-state index contributed by atoms with van der Waals surface area (Å²) in [6.45, 7) is 6.66. The van der Waals surface area contributed by atoms with Gasteiger partial charge >= 0.3 is 5.97 Å². The first-order chi connectivity index (χ1) is 13.6. The molecule has 4 aliphatic carbocycles. The average molecular weight is 407 g/mol. The Morgan fingerprint density at radius 2 is 1.90 bits per heavy atom. The summed E-state index contributed by atoms with van der Waals surface area (Å²) in [6.07, 6.45) is 5.56. The Labute approximate surface area is 174 Å². The molecule has 10 atom stereocenters. The summed E-state index contributed by atoms with van der Waals surface area (Å²) in [7, 11) is 0. The third-order valence-corrected chi connectivity index (χ3v) is 10.2. The van der Waals surface area contributed by atoms with Crippen molar-refractivity contribution in [1.29, 1.82) is 0 Å². The summed E-state index contributed by atoms with van der Waals surface area (Å²) in [4.78, 5) is 23.1. The summed E-state index contributed by atoms with van der Waals surface area (Å²) < 4.78 is 0. The quantitative estimate of drug-likeness (QED) is 0.662. The van der Waals surface area contributed by atoms with E-state index in [-0.39, 0.29) is 46.8 Å². The monoisotopic (exact) mass is 406 g/mol. The molecular formula is C24H38O5. The maximum atomic E-state index is 12.1. The van der Waals surface area contributed by atoms with Crippen LogP contribution in [0, 0.1) is 46.3 Å². The molecule has 0 aromatic heterocycles. The summed E-state index contributed by atoms with van der Waals surface area (Å²) in [5, 5.41) is 31.8. The van der Waals surface area contributed by atoms with Crippen LogP contribution in [0.25, 0.3) is 0 Å². The highest BCUT2D eigenvalue weighted by Crippen LogP contribution is 2.68. The van der Waals surface area contributed by atoms with Gasteiger partial charge in [-0.2, -0.15) is 0 Å². The molecule has 0 bridgehead atoms. The van der Waals surface area contributed by atoms with Crippen LogP contribution < -0.4 is 0 Å². The number of hydrogen-bond acceptors (Lipinski definition) is 4. The number of Topliss-reactive ketones (excluding diaryl/α,β-unsaturated/α-hetero) is 1. The predicted octanol–water partition coefficient (Wildman–Crippen LogP) is 3.66. The number of rotatable bonds is 4. The first-order valence-corrected chi connectivity index (χ1v) is 11.7. The number of carbonyl (C=O) groups is 2. The molecule has 0 radical (unpaired) electrons. The van der Waals surface area contributed by atoms with Gasteiger partial charge in [0.2, 0.25) is 0 Å². The highest BCUT2D eigenvalue weighted by molar-refractivity contribution is 5.79. The number of ketones is 1. The second-order valence-electron chi connectivity index (χ2n) is 11.2. The number of carboxylic acid groups (broad SMARTS) is 1. The fourth-order valence-corrected chi connectivity index (χ4v) is 8.50. The zero-order chi connectivity index (χ0) is 21.1. The smallest absolute Gasteiger partial charge is 0.303 e. The van der Waals surface area contributed by atoms with Gasteiger partial charge in [0.1, 0.15) is 5.78 Å². The van der Waals surface area contributed by atoms with Crippen molar-refractivity contribution < 1.29 is 24.9 Å². The summed E-state index contributed by atoms with van der Waals surface area (Å²) >= 11 is 0. The second kappa shape index (κ2) is 7.33. The Hall–Kier alpha value is -0.940.